The van der Waals surface area contributed by atoms with Gasteiger partial charge in [-0.2, -0.15) is 0 Å². The van der Waals surface area contributed by atoms with Gasteiger partial charge in [-0.15, -0.1) is 0 Å². The van der Waals surface area contributed by atoms with Crippen molar-refractivity contribution in [3.05, 3.63) is 0 Å². The number of hydrogen-bond acceptors (Lipinski definition) is 4. The van der Waals surface area contributed by atoms with Crippen LogP contribution >= 0.6 is 7.82 Å². The Morgan fingerprint density at radius 3 is 2.36 bits per heavy atom. The van der Waals surface area contributed by atoms with Crippen LogP contribution in [0.1, 0.15) is 6.92 Å². The quantitative estimate of drug-likeness (QED) is 0.456. The molecule has 0 aromatic rings. The zero-order valence-electron chi connectivity index (χ0n) is 7.63. The van der Waals surface area contributed by atoms with Gasteiger partial charge in [0.2, 0.25) is 0 Å². The van der Waals surface area contributed by atoms with E-state index in [1.807, 2.05) is 0 Å². The van der Waals surface area contributed by atoms with Crippen molar-refractivity contribution >= 4 is 7.82 Å². The van der Waals surface area contributed by atoms with Gasteiger partial charge in [0.25, 0.3) is 0 Å². The molecule has 4 N–H and O–H groups in total. The summed E-state index contributed by atoms with van der Waals surface area (Å²) in [6.07, 6.45) is -1.48. The largest absolute Gasteiger partial charge is 0.469 e. The van der Waals surface area contributed by atoms with Crippen LogP contribution in [0.15, 0.2) is 0 Å². The van der Waals surface area contributed by atoms with Crippen LogP contribution in [-0.2, 0) is 9.09 Å². The van der Waals surface area contributed by atoms with Crippen molar-refractivity contribution < 1.29 is 33.5 Å². The molecule has 0 bridgehead atoms. The molecule has 2 atom stereocenters. The molecule has 8 heteroatoms. The third-order valence-corrected chi connectivity index (χ3v) is 2.36. The number of halogens is 1. The number of phosphoric ester groups is 1. The number of alkyl halides is 1. The number of aliphatic hydroxyl groups excluding tert-OH is 2. The highest BCUT2D eigenvalue weighted by Gasteiger charge is 2.34. The minimum atomic E-state index is -4.67. The Bertz CT molecular complexity index is 212. The lowest BCUT2D eigenvalue weighted by atomic mass is 9.87. The number of rotatable bonds is 6. The van der Waals surface area contributed by atoms with Crippen molar-refractivity contribution in [3.63, 3.8) is 0 Å². The normalized spacial score (nSPS) is 19.0. The molecule has 0 radical (unpaired) electrons. The van der Waals surface area contributed by atoms with E-state index in [0.717, 1.165) is 0 Å². The Morgan fingerprint density at radius 1 is 1.57 bits per heavy atom. The molecular weight excluding hydrogens is 218 g/mol. The van der Waals surface area contributed by atoms with Crippen molar-refractivity contribution in [1.29, 1.82) is 0 Å². The highest BCUT2D eigenvalue weighted by molar-refractivity contribution is 7.46. The first-order valence-corrected chi connectivity index (χ1v) is 5.33. The molecule has 0 spiro atoms. The second kappa shape index (κ2) is 5.16. The maximum atomic E-state index is 12.3. The lowest BCUT2D eigenvalue weighted by Gasteiger charge is -2.29. The lowest BCUT2D eigenvalue weighted by Crippen LogP contribution is -2.40. The van der Waals surface area contributed by atoms with Crippen LogP contribution in [0, 0.1) is 5.41 Å². The van der Waals surface area contributed by atoms with Gasteiger partial charge in [-0.05, 0) is 0 Å². The number of phosphoric acid groups is 1. The van der Waals surface area contributed by atoms with E-state index in [0.29, 0.717) is 0 Å². The zero-order chi connectivity index (χ0) is 11.4. The summed E-state index contributed by atoms with van der Waals surface area (Å²) in [7, 11) is -4.67. The first-order valence-electron chi connectivity index (χ1n) is 3.80. The van der Waals surface area contributed by atoms with Crippen LogP contribution < -0.4 is 0 Å². The standard InChI is InChI=1S/C6H14FO6P/c1-6(3-7,4-8)5(9)2-13-14(10,11)12/h5,8-9H,2-4H2,1H3,(H2,10,11,12)/t5-,6+/m1/s1. The number of aliphatic hydroxyl groups is 2. The van der Waals surface area contributed by atoms with Gasteiger partial charge in [-0.25, -0.2) is 4.57 Å². The first-order chi connectivity index (χ1) is 6.25. The topological polar surface area (TPSA) is 107 Å². The van der Waals surface area contributed by atoms with E-state index in [9.17, 15) is 14.1 Å². The summed E-state index contributed by atoms with van der Waals surface area (Å²) in [5.74, 6) is 0. The summed E-state index contributed by atoms with van der Waals surface area (Å²) in [6.45, 7) is -1.16. The minimum Gasteiger partial charge on any atom is -0.396 e. The predicted octanol–water partition coefficient (Wildman–Crippen LogP) is -0.575. The third kappa shape index (κ3) is 4.45. The maximum Gasteiger partial charge on any atom is 0.469 e. The Hall–Kier alpha value is -0.0400. The Balaban J connectivity index is 4.19. The summed E-state index contributed by atoms with van der Waals surface area (Å²) < 4.78 is 26.6. The summed E-state index contributed by atoms with van der Waals surface area (Å²) in [5.41, 5.74) is -1.46. The van der Waals surface area contributed by atoms with E-state index in [4.69, 9.17) is 14.9 Å². The first kappa shape index (κ1) is 14.0. The molecule has 86 valence electrons. The van der Waals surface area contributed by atoms with E-state index >= 15 is 0 Å². The maximum absolute atomic E-state index is 12.3. The molecule has 0 unspecified atom stereocenters. The van der Waals surface area contributed by atoms with E-state index in [1.54, 1.807) is 0 Å². The Kier molecular flexibility index (Phi) is 5.14. The molecule has 0 heterocycles. The summed E-state index contributed by atoms with van der Waals surface area (Å²) in [4.78, 5) is 16.6. The van der Waals surface area contributed by atoms with Gasteiger partial charge >= 0.3 is 7.82 Å². The average molecular weight is 232 g/mol. The predicted molar refractivity (Wildman–Crippen MR) is 45.2 cm³/mol. The van der Waals surface area contributed by atoms with Gasteiger partial charge in [-0.1, -0.05) is 6.92 Å². The second-order valence-corrected chi connectivity index (χ2v) is 4.49. The van der Waals surface area contributed by atoms with Crippen molar-refractivity contribution in [2.24, 2.45) is 5.41 Å². The van der Waals surface area contributed by atoms with E-state index in [-0.39, 0.29) is 0 Å². The van der Waals surface area contributed by atoms with Crippen LogP contribution in [-0.4, -0.2) is 46.0 Å². The van der Waals surface area contributed by atoms with E-state index < -0.39 is 39.2 Å². The minimum absolute atomic E-state index is 0.644. The van der Waals surface area contributed by atoms with Crippen LogP contribution in [0.3, 0.4) is 0 Å². The monoisotopic (exact) mass is 232 g/mol. The summed E-state index contributed by atoms with van der Waals surface area (Å²) in [6, 6.07) is 0. The van der Waals surface area contributed by atoms with Crippen molar-refractivity contribution in [2.75, 3.05) is 19.9 Å². The Labute approximate surface area is 80.6 Å². The van der Waals surface area contributed by atoms with Crippen LogP contribution in [0.4, 0.5) is 4.39 Å². The zero-order valence-corrected chi connectivity index (χ0v) is 8.52. The SMILES string of the molecule is C[C@@](CO)(CF)[C@H](O)COP(=O)(O)O. The molecule has 0 aliphatic carbocycles. The van der Waals surface area contributed by atoms with Gasteiger partial charge in [0.15, 0.2) is 0 Å². The summed E-state index contributed by atoms with van der Waals surface area (Å²) >= 11 is 0. The highest BCUT2D eigenvalue weighted by atomic mass is 31.2. The molecule has 0 aliphatic heterocycles. The molecule has 0 aliphatic rings. The lowest BCUT2D eigenvalue weighted by molar-refractivity contribution is -0.0472. The molecule has 0 saturated carbocycles. The van der Waals surface area contributed by atoms with E-state index in [1.165, 1.54) is 6.92 Å². The smallest absolute Gasteiger partial charge is 0.396 e. The molecule has 0 aromatic heterocycles. The van der Waals surface area contributed by atoms with Crippen LogP contribution in [0.2, 0.25) is 0 Å². The van der Waals surface area contributed by atoms with Crippen molar-refractivity contribution in [3.8, 4) is 0 Å². The Morgan fingerprint density at radius 2 is 2.07 bits per heavy atom. The van der Waals surface area contributed by atoms with Crippen LogP contribution in [0.25, 0.3) is 0 Å². The molecule has 0 fully saturated rings. The molecule has 14 heavy (non-hydrogen) atoms. The fourth-order valence-corrected chi connectivity index (χ4v) is 0.941. The van der Waals surface area contributed by atoms with Gasteiger partial charge in [-0.3, -0.25) is 8.91 Å². The molecule has 0 rings (SSSR count). The van der Waals surface area contributed by atoms with Gasteiger partial charge in [0.1, 0.15) is 0 Å². The van der Waals surface area contributed by atoms with Gasteiger partial charge in [0, 0.05) is 5.41 Å². The molecule has 6 nitrogen and oxygen atoms in total. The molecular formula is C6H14FO6P. The fraction of sp³-hybridized carbons (Fsp3) is 1.00. The number of hydrogen-bond donors (Lipinski definition) is 4. The molecule has 0 amide bonds. The second-order valence-electron chi connectivity index (χ2n) is 3.25. The molecule has 0 aromatic carbocycles. The highest BCUT2D eigenvalue weighted by Crippen LogP contribution is 2.37. The third-order valence-electron chi connectivity index (χ3n) is 1.87. The average Bonchev–Trinajstić information content (AvgIpc) is 2.11. The molecule has 0 saturated heterocycles. The van der Waals surface area contributed by atoms with Crippen molar-refractivity contribution in [1.82, 2.24) is 0 Å². The van der Waals surface area contributed by atoms with Gasteiger partial charge in [0.05, 0.1) is 26.0 Å². The van der Waals surface area contributed by atoms with Gasteiger partial charge < -0.3 is 20.0 Å². The van der Waals surface area contributed by atoms with Crippen molar-refractivity contribution in [2.45, 2.75) is 13.0 Å². The van der Waals surface area contributed by atoms with Crippen LogP contribution in [0.5, 0.6) is 0 Å². The fourth-order valence-electron chi connectivity index (χ4n) is 0.606. The van der Waals surface area contributed by atoms with E-state index in [2.05, 4.69) is 4.52 Å². The summed E-state index contributed by atoms with van der Waals surface area (Å²) in [5, 5.41) is 18.0.